The molecular formula is C22H26N2O2. The van der Waals surface area contributed by atoms with Gasteiger partial charge in [0.05, 0.1) is 11.1 Å². The Hall–Kier alpha value is -2.62. The first-order valence-corrected chi connectivity index (χ1v) is 9.44. The van der Waals surface area contributed by atoms with E-state index in [-0.39, 0.29) is 11.6 Å². The number of carbonyl (C=O) groups excluding carboxylic acids is 2. The van der Waals surface area contributed by atoms with Gasteiger partial charge >= 0.3 is 0 Å². The zero-order chi connectivity index (χ0) is 18.8. The molecule has 0 aliphatic heterocycles. The number of nitrogens with zero attached hydrogens (tertiary/aromatic N) is 2. The van der Waals surface area contributed by atoms with Gasteiger partial charge in [0.25, 0.3) is 0 Å². The maximum Gasteiger partial charge on any atom is 0.196 e. The minimum absolute atomic E-state index is 0.0499. The molecule has 0 radical (unpaired) electrons. The van der Waals surface area contributed by atoms with Crippen LogP contribution in [0.25, 0.3) is 0 Å². The number of hydrogen-bond donors (Lipinski definition) is 0. The van der Waals surface area contributed by atoms with Crippen LogP contribution >= 0.6 is 0 Å². The van der Waals surface area contributed by atoms with Crippen LogP contribution in [0.5, 0.6) is 0 Å². The van der Waals surface area contributed by atoms with Crippen molar-refractivity contribution in [3.05, 3.63) is 58.7 Å². The highest BCUT2D eigenvalue weighted by atomic mass is 16.1. The van der Waals surface area contributed by atoms with Crippen molar-refractivity contribution in [1.29, 1.82) is 0 Å². The fourth-order valence-corrected chi connectivity index (χ4v) is 3.84. The summed E-state index contributed by atoms with van der Waals surface area (Å²) in [5, 5.41) is 0. The molecule has 4 nitrogen and oxygen atoms in total. The molecule has 0 unspecified atom stereocenters. The Bertz CT molecular complexity index is 779. The van der Waals surface area contributed by atoms with Gasteiger partial charge in [0.1, 0.15) is 0 Å². The van der Waals surface area contributed by atoms with Crippen LogP contribution in [0.1, 0.15) is 59.5 Å². The van der Waals surface area contributed by atoms with Crippen LogP contribution in [-0.2, 0) is 0 Å². The molecule has 26 heavy (non-hydrogen) atoms. The lowest BCUT2D eigenvalue weighted by atomic mass is 9.81. The molecule has 1 aliphatic rings. The minimum atomic E-state index is -0.0499. The third-order valence-corrected chi connectivity index (χ3v) is 5.24. The topological polar surface area (TPSA) is 40.6 Å². The van der Waals surface area contributed by atoms with Crippen LogP contribution in [0.2, 0.25) is 0 Å². The fraction of sp³-hybridized carbons (Fsp3) is 0.364. The molecule has 2 aromatic carbocycles. The average molecular weight is 350 g/mol. The van der Waals surface area contributed by atoms with E-state index in [2.05, 4.69) is 37.5 Å². The van der Waals surface area contributed by atoms with Crippen molar-refractivity contribution in [2.24, 2.45) is 0 Å². The van der Waals surface area contributed by atoms with Gasteiger partial charge in [-0.15, -0.1) is 0 Å². The van der Waals surface area contributed by atoms with Crippen molar-refractivity contribution in [2.45, 2.75) is 27.7 Å². The van der Waals surface area contributed by atoms with Crippen LogP contribution < -0.4 is 9.80 Å². The number of hydrogen-bond acceptors (Lipinski definition) is 4. The quantitative estimate of drug-likeness (QED) is 0.669. The van der Waals surface area contributed by atoms with E-state index < -0.39 is 0 Å². The van der Waals surface area contributed by atoms with Gasteiger partial charge in [-0.3, -0.25) is 9.59 Å². The van der Waals surface area contributed by atoms with E-state index in [1.54, 1.807) is 12.1 Å². The van der Waals surface area contributed by atoms with Gasteiger partial charge < -0.3 is 9.80 Å². The molecule has 0 atom stereocenters. The Kier molecular flexibility index (Phi) is 5.12. The van der Waals surface area contributed by atoms with E-state index >= 15 is 0 Å². The Morgan fingerprint density at radius 1 is 0.615 bits per heavy atom. The SMILES string of the molecule is CCN(CC)c1ccc(N(CC)CC)c2c1C(=O)c1ccccc1C2=O. The number of benzene rings is 2. The van der Waals surface area contributed by atoms with Gasteiger partial charge in [0.2, 0.25) is 0 Å². The summed E-state index contributed by atoms with van der Waals surface area (Å²) in [5.41, 5.74) is 3.84. The largest absolute Gasteiger partial charge is 0.371 e. The molecular weight excluding hydrogens is 324 g/mol. The van der Waals surface area contributed by atoms with Crippen molar-refractivity contribution in [1.82, 2.24) is 0 Å². The highest BCUT2D eigenvalue weighted by Crippen LogP contribution is 2.39. The monoisotopic (exact) mass is 350 g/mol. The fourth-order valence-electron chi connectivity index (χ4n) is 3.84. The number of anilines is 2. The summed E-state index contributed by atoms with van der Waals surface area (Å²) in [5.74, 6) is -0.0998. The van der Waals surface area contributed by atoms with E-state index in [1.165, 1.54) is 0 Å². The second-order valence-corrected chi connectivity index (χ2v) is 6.40. The first-order valence-electron chi connectivity index (χ1n) is 9.44. The molecule has 136 valence electrons. The summed E-state index contributed by atoms with van der Waals surface area (Å²) in [6, 6.07) is 11.2. The van der Waals surface area contributed by atoms with Crippen molar-refractivity contribution < 1.29 is 9.59 Å². The molecule has 0 heterocycles. The van der Waals surface area contributed by atoms with Crippen LogP contribution in [0.3, 0.4) is 0 Å². The number of fused-ring (bicyclic) bond motifs is 2. The predicted molar refractivity (Wildman–Crippen MR) is 107 cm³/mol. The van der Waals surface area contributed by atoms with Gasteiger partial charge in [0, 0.05) is 48.7 Å². The number of rotatable bonds is 6. The Morgan fingerprint density at radius 3 is 1.27 bits per heavy atom. The summed E-state index contributed by atoms with van der Waals surface area (Å²) in [6.45, 7) is 11.4. The lowest BCUT2D eigenvalue weighted by molar-refractivity contribution is 0.0980. The maximum absolute atomic E-state index is 13.4. The zero-order valence-corrected chi connectivity index (χ0v) is 16.0. The molecule has 1 aliphatic carbocycles. The van der Waals surface area contributed by atoms with E-state index in [4.69, 9.17) is 0 Å². The minimum Gasteiger partial charge on any atom is -0.371 e. The summed E-state index contributed by atoms with van der Waals surface area (Å²) in [6.07, 6.45) is 0. The van der Waals surface area contributed by atoms with Gasteiger partial charge in [-0.2, -0.15) is 0 Å². The number of ketones is 2. The Balaban J connectivity index is 2.34. The molecule has 0 saturated carbocycles. The van der Waals surface area contributed by atoms with E-state index in [1.807, 2.05) is 24.3 Å². The second kappa shape index (κ2) is 7.32. The predicted octanol–water partition coefficient (Wildman–Crippen LogP) is 4.15. The summed E-state index contributed by atoms with van der Waals surface area (Å²) < 4.78 is 0. The normalized spacial score (nSPS) is 12.6. The van der Waals surface area contributed by atoms with Gasteiger partial charge in [-0.1, -0.05) is 24.3 Å². The number of carbonyl (C=O) groups is 2. The van der Waals surface area contributed by atoms with E-state index in [9.17, 15) is 9.59 Å². The van der Waals surface area contributed by atoms with Crippen LogP contribution in [0, 0.1) is 0 Å². The highest BCUT2D eigenvalue weighted by Gasteiger charge is 2.35. The first kappa shape index (κ1) is 18.2. The van der Waals surface area contributed by atoms with Crippen LogP contribution in [0.15, 0.2) is 36.4 Å². The third-order valence-electron chi connectivity index (χ3n) is 5.24. The van der Waals surface area contributed by atoms with Crippen molar-refractivity contribution >= 4 is 22.9 Å². The maximum atomic E-state index is 13.4. The van der Waals surface area contributed by atoms with Gasteiger partial charge in [0.15, 0.2) is 11.6 Å². The molecule has 0 N–H and O–H groups in total. The van der Waals surface area contributed by atoms with Gasteiger partial charge in [-0.25, -0.2) is 0 Å². The van der Waals surface area contributed by atoms with Crippen molar-refractivity contribution in [3.8, 4) is 0 Å². The zero-order valence-electron chi connectivity index (χ0n) is 16.0. The molecule has 0 aromatic heterocycles. The molecule has 3 rings (SSSR count). The van der Waals surface area contributed by atoms with Gasteiger partial charge in [-0.05, 0) is 39.8 Å². The molecule has 0 spiro atoms. The molecule has 0 amide bonds. The van der Waals surface area contributed by atoms with E-state index in [0.717, 1.165) is 37.6 Å². The summed E-state index contributed by atoms with van der Waals surface area (Å²) in [7, 11) is 0. The molecule has 4 heteroatoms. The molecule has 0 saturated heterocycles. The first-order chi connectivity index (χ1) is 12.6. The molecule has 2 aromatic rings. The molecule has 0 bridgehead atoms. The third kappa shape index (κ3) is 2.70. The molecule has 0 fully saturated rings. The van der Waals surface area contributed by atoms with Crippen molar-refractivity contribution in [3.63, 3.8) is 0 Å². The van der Waals surface area contributed by atoms with Crippen LogP contribution in [-0.4, -0.2) is 37.7 Å². The smallest absolute Gasteiger partial charge is 0.196 e. The Labute approximate surface area is 155 Å². The average Bonchev–Trinajstić information content (AvgIpc) is 2.68. The standard InChI is InChI=1S/C22H26N2O2/c1-5-23(6-2)17-13-14-18(24(7-3)8-4)20-19(17)21(25)15-11-9-10-12-16(15)22(20)26/h9-14H,5-8H2,1-4H3. The second-order valence-electron chi connectivity index (χ2n) is 6.40. The lowest BCUT2D eigenvalue weighted by Gasteiger charge is -2.32. The van der Waals surface area contributed by atoms with Crippen molar-refractivity contribution in [2.75, 3.05) is 36.0 Å². The van der Waals surface area contributed by atoms with Crippen LogP contribution in [0.4, 0.5) is 11.4 Å². The highest BCUT2D eigenvalue weighted by molar-refractivity contribution is 6.32. The lowest BCUT2D eigenvalue weighted by Crippen LogP contribution is -2.32. The van der Waals surface area contributed by atoms with E-state index in [0.29, 0.717) is 22.3 Å². The summed E-state index contributed by atoms with van der Waals surface area (Å²) in [4.78, 5) is 31.0. The summed E-state index contributed by atoms with van der Waals surface area (Å²) >= 11 is 0. The Morgan fingerprint density at radius 2 is 0.962 bits per heavy atom.